The molecule has 2 rings (SSSR count). The van der Waals surface area contributed by atoms with Crippen LogP contribution < -0.4 is 10.2 Å². The number of rotatable bonds is 6. The number of hydrogen-bond acceptors (Lipinski definition) is 2. The number of likely N-dealkylation sites (N-methyl/N-ethyl adjacent to an activating group) is 1. The lowest BCUT2D eigenvalue weighted by atomic mass is 10.2. The van der Waals surface area contributed by atoms with E-state index in [0.717, 1.165) is 24.7 Å². The molecule has 0 aromatic heterocycles. The van der Waals surface area contributed by atoms with Crippen LogP contribution in [-0.2, 0) is 0 Å². The monoisotopic (exact) mass is 236 g/mol. The molecule has 0 aliphatic heterocycles. The second-order valence-corrected chi connectivity index (χ2v) is 4.98. The van der Waals surface area contributed by atoms with Crippen LogP contribution >= 0.6 is 0 Å². The maximum Gasteiger partial charge on any atom is 0.123 e. The molecule has 0 heterocycles. The maximum atomic E-state index is 12.8. The van der Waals surface area contributed by atoms with E-state index in [9.17, 15) is 4.39 Å². The predicted octanol–water partition coefficient (Wildman–Crippen LogP) is 2.65. The third kappa shape index (κ3) is 3.70. The minimum Gasteiger partial charge on any atom is -0.373 e. The Bertz CT molecular complexity index is 346. The van der Waals surface area contributed by atoms with Crippen molar-refractivity contribution >= 4 is 5.69 Å². The number of nitrogens with one attached hydrogen (secondary N) is 1. The first kappa shape index (κ1) is 12.4. The van der Waals surface area contributed by atoms with E-state index in [1.165, 1.54) is 25.0 Å². The lowest BCUT2D eigenvalue weighted by Gasteiger charge is -2.21. The number of benzene rings is 1. The fourth-order valence-corrected chi connectivity index (χ4v) is 2.05. The zero-order chi connectivity index (χ0) is 12.3. The van der Waals surface area contributed by atoms with Gasteiger partial charge in [-0.1, -0.05) is 0 Å². The van der Waals surface area contributed by atoms with Gasteiger partial charge in [0.1, 0.15) is 5.82 Å². The summed E-state index contributed by atoms with van der Waals surface area (Å²) in [5.41, 5.74) is 1.06. The molecule has 1 aliphatic rings. The molecule has 1 aliphatic carbocycles. The SMILES string of the molecule is CC(NCCN(C)c1ccc(F)cc1)C1CC1. The first-order valence-electron chi connectivity index (χ1n) is 6.37. The van der Waals surface area contributed by atoms with E-state index in [2.05, 4.69) is 17.1 Å². The predicted molar refractivity (Wildman–Crippen MR) is 69.9 cm³/mol. The third-order valence-electron chi connectivity index (χ3n) is 3.51. The van der Waals surface area contributed by atoms with Crippen molar-refractivity contribution < 1.29 is 4.39 Å². The van der Waals surface area contributed by atoms with Gasteiger partial charge in [-0.05, 0) is 49.9 Å². The summed E-state index contributed by atoms with van der Waals surface area (Å²) in [5.74, 6) is 0.716. The van der Waals surface area contributed by atoms with E-state index in [4.69, 9.17) is 0 Å². The first-order valence-corrected chi connectivity index (χ1v) is 6.37. The summed E-state index contributed by atoms with van der Waals surface area (Å²) in [7, 11) is 2.04. The molecule has 1 atom stereocenters. The molecular weight excluding hydrogens is 215 g/mol. The van der Waals surface area contributed by atoms with Gasteiger partial charge in [0.25, 0.3) is 0 Å². The van der Waals surface area contributed by atoms with Gasteiger partial charge in [0.15, 0.2) is 0 Å². The van der Waals surface area contributed by atoms with Crippen molar-refractivity contribution in [3.05, 3.63) is 30.1 Å². The molecule has 0 amide bonds. The normalized spacial score (nSPS) is 16.9. The molecule has 1 fully saturated rings. The van der Waals surface area contributed by atoms with Crippen LogP contribution in [0.3, 0.4) is 0 Å². The maximum absolute atomic E-state index is 12.8. The summed E-state index contributed by atoms with van der Waals surface area (Å²) < 4.78 is 12.8. The summed E-state index contributed by atoms with van der Waals surface area (Å²) in [6.07, 6.45) is 2.75. The van der Waals surface area contributed by atoms with Crippen LogP contribution in [-0.4, -0.2) is 26.2 Å². The summed E-state index contributed by atoms with van der Waals surface area (Å²) in [6.45, 7) is 4.18. The number of hydrogen-bond donors (Lipinski definition) is 1. The van der Waals surface area contributed by atoms with Crippen LogP contribution in [0.1, 0.15) is 19.8 Å². The average molecular weight is 236 g/mol. The molecular formula is C14H21FN2. The van der Waals surface area contributed by atoms with Crippen LogP contribution in [0.25, 0.3) is 0 Å². The molecule has 94 valence electrons. The highest BCUT2D eigenvalue weighted by molar-refractivity contribution is 5.45. The summed E-state index contributed by atoms with van der Waals surface area (Å²) >= 11 is 0. The van der Waals surface area contributed by atoms with Gasteiger partial charge in [0.05, 0.1) is 0 Å². The molecule has 0 saturated heterocycles. The Hall–Kier alpha value is -1.09. The Morgan fingerprint density at radius 1 is 1.35 bits per heavy atom. The van der Waals surface area contributed by atoms with Crippen molar-refractivity contribution in [2.75, 3.05) is 25.0 Å². The fraction of sp³-hybridized carbons (Fsp3) is 0.571. The zero-order valence-electron chi connectivity index (χ0n) is 10.6. The van der Waals surface area contributed by atoms with Gasteiger partial charge in [-0.25, -0.2) is 4.39 Å². The first-order chi connectivity index (χ1) is 8.16. The highest BCUT2D eigenvalue weighted by Gasteiger charge is 2.27. The lowest BCUT2D eigenvalue weighted by molar-refractivity contribution is 0.501. The number of anilines is 1. The van der Waals surface area contributed by atoms with Crippen molar-refractivity contribution in [2.24, 2.45) is 5.92 Å². The Labute approximate surface area is 103 Å². The van der Waals surface area contributed by atoms with Gasteiger partial charge < -0.3 is 10.2 Å². The molecule has 17 heavy (non-hydrogen) atoms. The Kier molecular flexibility index (Phi) is 4.00. The van der Waals surface area contributed by atoms with E-state index < -0.39 is 0 Å². The van der Waals surface area contributed by atoms with Crippen LogP contribution in [0.5, 0.6) is 0 Å². The third-order valence-corrected chi connectivity index (χ3v) is 3.51. The Balaban J connectivity index is 1.72. The highest BCUT2D eigenvalue weighted by Crippen LogP contribution is 2.32. The molecule has 0 bridgehead atoms. The van der Waals surface area contributed by atoms with Gasteiger partial charge in [-0.2, -0.15) is 0 Å². The van der Waals surface area contributed by atoms with Gasteiger partial charge in [-0.3, -0.25) is 0 Å². The van der Waals surface area contributed by atoms with E-state index in [0.29, 0.717) is 6.04 Å². The second kappa shape index (κ2) is 5.50. The van der Waals surface area contributed by atoms with E-state index in [1.54, 1.807) is 0 Å². The number of nitrogens with zero attached hydrogens (tertiary/aromatic N) is 1. The van der Waals surface area contributed by atoms with Crippen molar-refractivity contribution in [3.8, 4) is 0 Å². The smallest absolute Gasteiger partial charge is 0.123 e. The van der Waals surface area contributed by atoms with E-state index >= 15 is 0 Å². The van der Waals surface area contributed by atoms with Crippen molar-refractivity contribution in [1.82, 2.24) is 5.32 Å². The second-order valence-electron chi connectivity index (χ2n) is 4.98. The van der Waals surface area contributed by atoms with Gasteiger partial charge in [0.2, 0.25) is 0 Å². The van der Waals surface area contributed by atoms with Crippen molar-refractivity contribution in [1.29, 1.82) is 0 Å². The minimum absolute atomic E-state index is 0.178. The van der Waals surface area contributed by atoms with Crippen LogP contribution in [0.2, 0.25) is 0 Å². The molecule has 2 nitrogen and oxygen atoms in total. The summed E-state index contributed by atoms with van der Waals surface area (Å²) in [5, 5.41) is 3.54. The van der Waals surface area contributed by atoms with Crippen LogP contribution in [0.15, 0.2) is 24.3 Å². The van der Waals surface area contributed by atoms with Crippen molar-refractivity contribution in [3.63, 3.8) is 0 Å². The van der Waals surface area contributed by atoms with Gasteiger partial charge in [0, 0.05) is 31.9 Å². The lowest BCUT2D eigenvalue weighted by Crippen LogP contribution is -2.35. The highest BCUT2D eigenvalue weighted by atomic mass is 19.1. The molecule has 0 radical (unpaired) electrons. The summed E-state index contributed by atoms with van der Waals surface area (Å²) in [4.78, 5) is 2.14. The van der Waals surface area contributed by atoms with Crippen LogP contribution in [0, 0.1) is 11.7 Å². The topological polar surface area (TPSA) is 15.3 Å². The molecule has 1 aromatic rings. The summed E-state index contributed by atoms with van der Waals surface area (Å²) in [6, 6.07) is 7.29. The largest absolute Gasteiger partial charge is 0.373 e. The number of halogens is 1. The Morgan fingerprint density at radius 3 is 2.59 bits per heavy atom. The molecule has 0 spiro atoms. The molecule has 3 heteroatoms. The molecule has 1 saturated carbocycles. The van der Waals surface area contributed by atoms with Gasteiger partial charge >= 0.3 is 0 Å². The van der Waals surface area contributed by atoms with E-state index in [1.807, 2.05) is 19.2 Å². The van der Waals surface area contributed by atoms with Crippen LogP contribution in [0.4, 0.5) is 10.1 Å². The molecule has 1 unspecified atom stereocenters. The quantitative estimate of drug-likeness (QED) is 0.817. The Morgan fingerprint density at radius 2 is 2.00 bits per heavy atom. The average Bonchev–Trinajstić information content (AvgIpc) is 3.13. The van der Waals surface area contributed by atoms with E-state index in [-0.39, 0.29) is 5.82 Å². The fourth-order valence-electron chi connectivity index (χ4n) is 2.05. The molecule has 1 aromatic carbocycles. The standard InChI is InChI=1S/C14H21FN2/c1-11(12-3-4-12)16-9-10-17(2)14-7-5-13(15)6-8-14/h5-8,11-12,16H,3-4,9-10H2,1-2H3. The zero-order valence-corrected chi connectivity index (χ0v) is 10.6. The van der Waals surface area contributed by atoms with Gasteiger partial charge in [-0.15, -0.1) is 0 Å². The minimum atomic E-state index is -0.178. The molecule has 1 N–H and O–H groups in total. The van der Waals surface area contributed by atoms with Crippen molar-refractivity contribution in [2.45, 2.75) is 25.8 Å².